The first-order valence-electron chi connectivity index (χ1n) is 11.2. The molecule has 0 bridgehead atoms. The summed E-state index contributed by atoms with van der Waals surface area (Å²) < 4.78 is 2.12. The van der Waals surface area contributed by atoms with Gasteiger partial charge in [-0.2, -0.15) is 0 Å². The van der Waals surface area contributed by atoms with Crippen molar-refractivity contribution in [1.82, 2.24) is 9.47 Å². The second-order valence-electron chi connectivity index (χ2n) is 9.79. The van der Waals surface area contributed by atoms with Crippen molar-refractivity contribution in [3.63, 3.8) is 0 Å². The Labute approximate surface area is 200 Å². The van der Waals surface area contributed by atoms with Gasteiger partial charge in [-0.15, -0.1) is 0 Å². The van der Waals surface area contributed by atoms with Gasteiger partial charge in [-0.05, 0) is 55.8 Å². The van der Waals surface area contributed by atoms with Crippen LogP contribution in [0.5, 0.6) is 0 Å². The molecule has 0 spiro atoms. The molecule has 3 aromatic rings. The molecule has 4 rings (SSSR count). The number of para-hydroxylation sites is 2. The summed E-state index contributed by atoms with van der Waals surface area (Å²) in [6, 6.07) is 19.0. The monoisotopic (exact) mass is 463 g/mol. The fraction of sp³-hybridized carbons (Fsp3) is 0.333. The maximum absolute atomic E-state index is 14.0. The number of halogens is 1. The van der Waals surface area contributed by atoms with E-state index in [4.69, 9.17) is 11.6 Å². The van der Waals surface area contributed by atoms with Crippen LogP contribution in [-0.4, -0.2) is 33.9 Å². The van der Waals surface area contributed by atoms with Crippen LogP contribution in [0.2, 0.25) is 5.02 Å². The Bertz CT molecular complexity index is 1190. The van der Waals surface area contributed by atoms with Gasteiger partial charge in [0.1, 0.15) is 12.6 Å². The Hall–Kier alpha value is -3.05. The molecule has 0 saturated carbocycles. The second kappa shape index (κ2) is 8.71. The molecule has 2 heterocycles. The van der Waals surface area contributed by atoms with Crippen molar-refractivity contribution in [2.45, 2.75) is 46.7 Å². The highest BCUT2D eigenvalue weighted by atomic mass is 35.5. The topological polar surface area (TPSA) is 45.6 Å². The lowest BCUT2D eigenvalue weighted by atomic mass is 9.93. The van der Waals surface area contributed by atoms with E-state index in [-0.39, 0.29) is 30.4 Å². The van der Waals surface area contributed by atoms with Crippen LogP contribution in [0.3, 0.4) is 0 Å². The van der Waals surface area contributed by atoms with E-state index in [9.17, 15) is 9.59 Å². The maximum Gasteiger partial charge on any atom is 0.247 e. The largest absolute Gasteiger partial charge is 0.330 e. The summed E-state index contributed by atoms with van der Waals surface area (Å²) in [7, 11) is 0. The van der Waals surface area contributed by atoms with E-state index >= 15 is 0 Å². The predicted octanol–water partition coefficient (Wildman–Crippen LogP) is 5.85. The van der Waals surface area contributed by atoms with E-state index in [1.54, 1.807) is 4.90 Å². The second-order valence-corrected chi connectivity index (χ2v) is 10.2. The minimum absolute atomic E-state index is 0.000120. The fourth-order valence-electron chi connectivity index (χ4n) is 4.40. The Morgan fingerprint density at radius 1 is 1.00 bits per heavy atom. The molecule has 0 N–H and O–H groups in total. The van der Waals surface area contributed by atoms with Crippen LogP contribution in [-0.2, 0) is 9.59 Å². The number of aromatic nitrogens is 1. The van der Waals surface area contributed by atoms with Crippen molar-refractivity contribution in [2.24, 2.45) is 5.41 Å². The molecule has 2 aromatic carbocycles. The number of amides is 2. The SMILES string of the molecule is CC(C)N(CC(=O)N1c2ccccc2-n2cccc2C1c1cccc(Cl)c1)C(=O)C(C)(C)C. The number of fused-ring (bicyclic) bond motifs is 3. The Morgan fingerprint density at radius 3 is 2.33 bits per heavy atom. The Balaban J connectivity index is 1.83. The summed E-state index contributed by atoms with van der Waals surface area (Å²) in [6.45, 7) is 9.54. The molecule has 172 valence electrons. The van der Waals surface area contributed by atoms with E-state index in [1.807, 2.05) is 106 Å². The molecule has 0 saturated heterocycles. The van der Waals surface area contributed by atoms with Crippen molar-refractivity contribution in [1.29, 1.82) is 0 Å². The number of hydrogen-bond donors (Lipinski definition) is 0. The summed E-state index contributed by atoms with van der Waals surface area (Å²) in [5, 5.41) is 0.614. The average molecular weight is 464 g/mol. The first kappa shape index (κ1) is 23.1. The highest BCUT2D eigenvalue weighted by Gasteiger charge is 2.38. The number of hydrogen-bond acceptors (Lipinski definition) is 2. The quantitative estimate of drug-likeness (QED) is 0.487. The minimum atomic E-state index is -0.578. The van der Waals surface area contributed by atoms with Gasteiger partial charge in [-0.3, -0.25) is 14.5 Å². The van der Waals surface area contributed by atoms with Crippen molar-refractivity contribution in [3.8, 4) is 5.69 Å². The molecule has 1 aliphatic rings. The molecule has 1 aliphatic heterocycles. The first-order chi connectivity index (χ1) is 15.6. The van der Waals surface area contributed by atoms with Gasteiger partial charge in [0.2, 0.25) is 11.8 Å². The van der Waals surface area contributed by atoms with Crippen LogP contribution in [0.4, 0.5) is 5.69 Å². The van der Waals surface area contributed by atoms with Gasteiger partial charge in [-0.25, -0.2) is 0 Å². The van der Waals surface area contributed by atoms with Gasteiger partial charge in [-0.1, -0.05) is 56.6 Å². The molecule has 33 heavy (non-hydrogen) atoms. The van der Waals surface area contributed by atoms with Crippen LogP contribution in [0, 0.1) is 5.41 Å². The molecule has 5 nitrogen and oxygen atoms in total. The highest BCUT2D eigenvalue weighted by Crippen LogP contribution is 2.42. The fourth-order valence-corrected chi connectivity index (χ4v) is 4.59. The third-order valence-corrected chi connectivity index (χ3v) is 6.22. The third-order valence-electron chi connectivity index (χ3n) is 5.98. The van der Waals surface area contributed by atoms with E-state index in [0.29, 0.717) is 5.02 Å². The molecule has 0 aliphatic carbocycles. The normalized spacial score (nSPS) is 15.2. The van der Waals surface area contributed by atoms with Crippen molar-refractivity contribution in [2.75, 3.05) is 11.4 Å². The Kier molecular flexibility index (Phi) is 6.10. The average Bonchev–Trinajstić information content (AvgIpc) is 3.25. The summed E-state index contributed by atoms with van der Waals surface area (Å²) in [5.41, 5.74) is 3.06. The lowest BCUT2D eigenvalue weighted by Gasteiger charge is -2.40. The van der Waals surface area contributed by atoms with Gasteiger partial charge >= 0.3 is 0 Å². The molecule has 1 atom stereocenters. The Morgan fingerprint density at radius 2 is 1.70 bits per heavy atom. The lowest BCUT2D eigenvalue weighted by molar-refractivity contribution is -0.144. The number of nitrogens with zero attached hydrogens (tertiary/aromatic N) is 3. The third kappa shape index (κ3) is 4.30. The van der Waals surface area contributed by atoms with Crippen LogP contribution in [0.25, 0.3) is 5.69 Å². The van der Waals surface area contributed by atoms with Crippen molar-refractivity contribution in [3.05, 3.63) is 83.1 Å². The van der Waals surface area contributed by atoms with Gasteiger partial charge in [0.25, 0.3) is 0 Å². The predicted molar refractivity (Wildman–Crippen MR) is 133 cm³/mol. The highest BCUT2D eigenvalue weighted by molar-refractivity contribution is 6.30. The van der Waals surface area contributed by atoms with E-state index in [1.165, 1.54) is 0 Å². The molecule has 1 aromatic heterocycles. The van der Waals surface area contributed by atoms with Gasteiger partial charge in [0.05, 0.1) is 17.1 Å². The van der Waals surface area contributed by atoms with E-state index in [2.05, 4.69) is 4.57 Å². The molecule has 2 amide bonds. The molecule has 0 radical (unpaired) electrons. The number of benzene rings is 2. The summed E-state index contributed by atoms with van der Waals surface area (Å²) in [6.07, 6.45) is 2.01. The maximum atomic E-state index is 14.0. The molecule has 6 heteroatoms. The van der Waals surface area contributed by atoms with Crippen molar-refractivity contribution >= 4 is 29.1 Å². The zero-order chi connectivity index (χ0) is 23.9. The van der Waals surface area contributed by atoms with Crippen LogP contribution < -0.4 is 4.90 Å². The van der Waals surface area contributed by atoms with Gasteiger partial charge in [0, 0.05) is 22.7 Å². The van der Waals surface area contributed by atoms with Gasteiger partial charge in [0.15, 0.2) is 0 Å². The number of rotatable bonds is 4. The minimum Gasteiger partial charge on any atom is -0.330 e. The standard InChI is InChI=1S/C27H30ClN3O2/c1-18(2)30(26(33)27(3,4)5)17-24(32)31-22-13-7-6-12-21(22)29-15-9-14-23(29)25(31)19-10-8-11-20(28)16-19/h6-16,18,25H,17H2,1-5H3. The summed E-state index contributed by atoms with van der Waals surface area (Å²) in [5.74, 6) is -0.176. The number of anilines is 1. The molecule has 1 unspecified atom stereocenters. The zero-order valence-electron chi connectivity index (χ0n) is 19.7. The molecular formula is C27H30ClN3O2. The smallest absolute Gasteiger partial charge is 0.247 e. The molecule has 0 fully saturated rings. The van der Waals surface area contributed by atoms with E-state index < -0.39 is 5.41 Å². The number of carbonyl (C=O) groups excluding carboxylic acids is 2. The lowest BCUT2D eigenvalue weighted by Crippen LogP contribution is -2.51. The number of carbonyl (C=O) groups is 2. The van der Waals surface area contributed by atoms with Gasteiger partial charge < -0.3 is 9.47 Å². The summed E-state index contributed by atoms with van der Waals surface area (Å²) in [4.78, 5) is 30.6. The molecular weight excluding hydrogens is 434 g/mol. The van der Waals surface area contributed by atoms with Crippen LogP contribution in [0.1, 0.15) is 51.9 Å². The van der Waals surface area contributed by atoms with Crippen LogP contribution >= 0.6 is 11.6 Å². The first-order valence-corrected chi connectivity index (χ1v) is 11.6. The van der Waals surface area contributed by atoms with E-state index in [0.717, 1.165) is 22.6 Å². The summed E-state index contributed by atoms with van der Waals surface area (Å²) >= 11 is 6.35. The zero-order valence-corrected chi connectivity index (χ0v) is 20.5. The van der Waals surface area contributed by atoms with Crippen molar-refractivity contribution < 1.29 is 9.59 Å². The van der Waals surface area contributed by atoms with Crippen LogP contribution in [0.15, 0.2) is 66.9 Å².